The summed E-state index contributed by atoms with van der Waals surface area (Å²) in [4.78, 5) is 54.2. The van der Waals surface area contributed by atoms with Crippen molar-refractivity contribution in [2.75, 3.05) is 23.7 Å². The molecule has 0 spiro atoms. The number of carbonyl (C=O) groups excluding carboxylic acids is 4. The molecule has 2 N–H and O–H groups in total. The van der Waals surface area contributed by atoms with Crippen molar-refractivity contribution in [2.45, 2.75) is 90.5 Å². The molecule has 2 aromatic carbocycles. The van der Waals surface area contributed by atoms with E-state index in [0.29, 0.717) is 48.8 Å². The Bertz CT molecular complexity index is 1480. The Morgan fingerprint density at radius 1 is 0.617 bits per heavy atom. The Kier molecular flexibility index (Phi) is 9.65. The van der Waals surface area contributed by atoms with Crippen LogP contribution >= 0.6 is 0 Å². The van der Waals surface area contributed by atoms with Crippen LogP contribution < -0.4 is 10.6 Å². The molecule has 0 aliphatic carbocycles. The van der Waals surface area contributed by atoms with Crippen molar-refractivity contribution in [1.29, 1.82) is 0 Å². The third kappa shape index (κ3) is 8.52. The number of furan rings is 1. The lowest BCUT2D eigenvalue weighted by molar-refractivity contribution is -0.121. The van der Waals surface area contributed by atoms with Gasteiger partial charge in [-0.15, -0.1) is 0 Å². The van der Waals surface area contributed by atoms with Gasteiger partial charge in [-0.3, -0.25) is 19.4 Å². The number of hydrogen-bond acceptors (Lipinski definition) is 7. The quantitative estimate of drug-likeness (QED) is 0.288. The fourth-order valence-corrected chi connectivity index (χ4v) is 5.69. The fourth-order valence-electron chi connectivity index (χ4n) is 5.69. The number of anilines is 2. The van der Waals surface area contributed by atoms with E-state index in [1.54, 1.807) is 65.8 Å². The number of rotatable bonds is 6. The number of hydrogen-bond donors (Lipinski definition) is 2. The monoisotopic (exact) mass is 644 g/mol. The summed E-state index contributed by atoms with van der Waals surface area (Å²) >= 11 is 0. The van der Waals surface area contributed by atoms with E-state index in [1.165, 1.54) is 9.80 Å². The number of nitrogens with one attached hydrogen (secondary N) is 2. The van der Waals surface area contributed by atoms with Gasteiger partial charge in [0.15, 0.2) is 0 Å². The van der Waals surface area contributed by atoms with Gasteiger partial charge in [0.05, 0.1) is 0 Å². The van der Waals surface area contributed by atoms with Gasteiger partial charge >= 0.3 is 12.2 Å². The maximum Gasteiger partial charge on any atom is 0.410 e. The molecule has 2 unspecified atom stereocenters. The summed E-state index contributed by atoms with van der Waals surface area (Å²) in [5.41, 5.74) is 1.64. The molecule has 2 fully saturated rings. The summed E-state index contributed by atoms with van der Waals surface area (Å²) in [6.45, 7) is 11.8. The Hall–Kier alpha value is -4.80. The first-order valence-corrected chi connectivity index (χ1v) is 16.1. The highest BCUT2D eigenvalue weighted by Crippen LogP contribution is 2.31. The minimum Gasteiger partial charge on any atom is -0.456 e. The third-order valence-electron chi connectivity index (χ3n) is 7.85. The molecule has 47 heavy (non-hydrogen) atoms. The average Bonchev–Trinajstić information content (AvgIpc) is 3.77. The molecular weight excluding hydrogens is 600 g/mol. The minimum absolute atomic E-state index is 0.246. The van der Waals surface area contributed by atoms with Crippen LogP contribution in [0.1, 0.15) is 67.2 Å². The summed E-state index contributed by atoms with van der Waals surface area (Å²) in [6.07, 6.45) is 1.69. The number of likely N-dealkylation sites (tertiary alicyclic amines) is 2. The zero-order chi connectivity index (χ0) is 33.9. The Morgan fingerprint density at radius 3 is 1.32 bits per heavy atom. The van der Waals surface area contributed by atoms with E-state index in [1.807, 2.05) is 36.4 Å². The van der Waals surface area contributed by atoms with Gasteiger partial charge in [-0.1, -0.05) is 0 Å². The minimum atomic E-state index is -0.632. The predicted octanol–water partition coefficient (Wildman–Crippen LogP) is 7.29. The van der Waals surface area contributed by atoms with Crippen LogP contribution in [0.3, 0.4) is 0 Å². The Labute approximate surface area is 275 Å². The summed E-state index contributed by atoms with van der Waals surface area (Å²) in [6, 6.07) is 17.2. The van der Waals surface area contributed by atoms with Crippen molar-refractivity contribution < 1.29 is 33.1 Å². The van der Waals surface area contributed by atoms with Gasteiger partial charge in [-0.05, 0) is 128 Å². The second-order valence-electron chi connectivity index (χ2n) is 14.0. The van der Waals surface area contributed by atoms with E-state index in [9.17, 15) is 19.2 Å². The largest absolute Gasteiger partial charge is 0.456 e. The highest BCUT2D eigenvalue weighted by molar-refractivity contribution is 5.98. The normalized spacial score (nSPS) is 18.2. The van der Waals surface area contributed by atoms with Crippen LogP contribution in [0.2, 0.25) is 0 Å². The van der Waals surface area contributed by atoms with E-state index in [0.717, 1.165) is 24.0 Å². The lowest BCUT2D eigenvalue weighted by Gasteiger charge is -2.28. The topological polar surface area (TPSA) is 130 Å². The Balaban J connectivity index is 1.17. The van der Waals surface area contributed by atoms with Crippen molar-refractivity contribution >= 4 is 35.4 Å². The molecule has 2 aliphatic heterocycles. The lowest BCUT2D eigenvalue weighted by Crippen LogP contribution is -2.45. The van der Waals surface area contributed by atoms with Crippen LogP contribution in [-0.2, 0) is 19.1 Å². The second-order valence-corrected chi connectivity index (χ2v) is 14.0. The van der Waals surface area contributed by atoms with Crippen molar-refractivity contribution in [2.24, 2.45) is 0 Å². The first kappa shape index (κ1) is 33.6. The summed E-state index contributed by atoms with van der Waals surface area (Å²) in [5, 5.41) is 5.84. The van der Waals surface area contributed by atoms with E-state index in [2.05, 4.69) is 10.6 Å². The van der Waals surface area contributed by atoms with Crippen molar-refractivity contribution in [1.82, 2.24) is 9.80 Å². The molecule has 3 heterocycles. The van der Waals surface area contributed by atoms with Crippen LogP contribution in [-0.4, -0.2) is 70.2 Å². The van der Waals surface area contributed by atoms with Gasteiger partial charge in [0.2, 0.25) is 11.8 Å². The van der Waals surface area contributed by atoms with E-state index >= 15 is 0 Å². The molecule has 3 aromatic rings. The molecule has 1 aromatic heterocycles. The average molecular weight is 645 g/mol. The maximum absolute atomic E-state index is 13.0. The maximum atomic E-state index is 13.0. The molecule has 11 nitrogen and oxygen atoms in total. The summed E-state index contributed by atoms with van der Waals surface area (Å²) in [5.74, 6) is 0.825. The zero-order valence-corrected chi connectivity index (χ0v) is 27.9. The van der Waals surface area contributed by atoms with Gasteiger partial charge in [-0.2, -0.15) is 0 Å². The summed E-state index contributed by atoms with van der Waals surface area (Å²) < 4.78 is 17.1. The third-order valence-corrected chi connectivity index (χ3v) is 7.85. The van der Waals surface area contributed by atoms with Crippen LogP contribution in [0.4, 0.5) is 21.0 Å². The number of nitrogens with zero attached hydrogens (tertiary/aromatic N) is 2. The SMILES string of the molecule is CC(C)(C)OC(=O)N1CCCC1C(=O)Nc1ccc(-c2ccc(-c3ccc(NC(=O)C4CCCN4C(=O)OC(C)(C)C)cc3)o2)cc1. The molecule has 4 amide bonds. The van der Waals surface area contributed by atoms with Gasteiger partial charge < -0.3 is 24.5 Å². The van der Waals surface area contributed by atoms with E-state index in [4.69, 9.17) is 13.9 Å². The fraction of sp³-hybridized carbons (Fsp3) is 0.444. The molecule has 2 aliphatic rings. The molecule has 0 saturated carbocycles. The predicted molar refractivity (Wildman–Crippen MR) is 179 cm³/mol. The molecule has 5 rings (SSSR count). The van der Waals surface area contributed by atoms with Crippen LogP contribution in [0.15, 0.2) is 65.1 Å². The molecular formula is C36H44N4O7. The summed E-state index contributed by atoms with van der Waals surface area (Å²) in [7, 11) is 0. The molecule has 250 valence electrons. The van der Waals surface area contributed by atoms with Gasteiger partial charge in [0.1, 0.15) is 34.8 Å². The number of carbonyl (C=O) groups is 4. The van der Waals surface area contributed by atoms with Crippen molar-refractivity contribution in [3.8, 4) is 22.6 Å². The molecule has 11 heteroatoms. The van der Waals surface area contributed by atoms with Crippen LogP contribution in [0.5, 0.6) is 0 Å². The van der Waals surface area contributed by atoms with Crippen LogP contribution in [0, 0.1) is 0 Å². The molecule has 2 saturated heterocycles. The number of amides is 4. The van der Waals surface area contributed by atoms with Gasteiger partial charge in [0.25, 0.3) is 0 Å². The van der Waals surface area contributed by atoms with Crippen molar-refractivity contribution in [3.05, 3.63) is 60.7 Å². The highest BCUT2D eigenvalue weighted by atomic mass is 16.6. The van der Waals surface area contributed by atoms with E-state index < -0.39 is 35.5 Å². The van der Waals surface area contributed by atoms with Crippen LogP contribution in [0.25, 0.3) is 22.6 Å². The standard InChI is InChI=1S/C36H44N4O7/c1-35(2,3)46-33(43)39-21-7-9-27(39)31(41)37-25-15-11-23(12-16-25)29-19-20-30(45-29)24-13-17-26(18-14-24)38-32(42)28-10-8-22-40(28)34(44)47-36(4,5)6/h11-20,27-28H,7-10,21-22H2,1-6H3,(H,37,41)(H,38,42). The van der Waals surface area contributed by atoms with Gasteiger partial charge in [0, 0.05) is 35.6 Å². The first-order chi connectivity index (χ1) is 22.2. The molecule has 0 radical (unpaired) electrons. The molecule has 0 bridgehead atoms. The lowest BCUT2D eigenvalue weighted by atomic mass is 10.1. The smallest absolute Gasteiger partial charge is 0.410 e. The zero-order valence-electron chi connectivity index (χ0n) is 27.9. The second kappa shape index (κ2) is 13.5. The first-order valence-electron chi connectivity index (χ1n) is 16.1. The highest BCUT2D eigenvalue weighted by Gasteiger charge is 2.38. The number of benzene rings is 2. The molecule has 2 atom stereocenters. The van der Waals surface area contributed by atoms with Gasteiger partial charge in [-0.25, -0.2) is 9.59 Å². The van der Waals surface area contributed by atoms with E-state index in [-0.39, 0.29) is 11.8 Å². The number of ether oxygens (including phenoxy) is 2. The van der Waals surface area contributed by atoms with Crippen molar-refractivity contribution in [3.63, 3.8) is 0 Å². The Morgan fingerprint density at radius 2 is 0.979 bits per heavy atom.